The van der Waals surface area contributed by atoms with Crippen molar-refractivity contribution in [3.63, 3.8) is 0 Å². The molecule has 1 heterocycles. The van der Waals surface area contributed by atoms with Gasteiger partial charge in [0.15, 0.2) is 5.79 Å². The maximum Gasteiger partial charge on any atom is 0.193 e. The molecule has 1 saturated carbocycles. The van der Waals surface area contributed by atoms with Crippen LogP contribution in [-0.4, -0.2) is 60.4 Å². The second kappa shape index (κ2) is 26.0. The molecule has 0 spiro atoms. The van der Waals surface area contributed by atoms with Crippen LogP contribution in [0.5, 0.6) is 0 Å². The van der Waals surface area contributed by atoms with Gasteiger partial charge in [-0.15, -0.1) is 36.4 Å². The van der Waals surface area contributed by atoms with Crippen molar-refractivity contribution >= 4 is 48.8 Å². The molecule has 2 aromatic carbocycles. The molecule has 0 bridgehead atoms. The summed E-state index contributed by atoms with van der Waals surface area (Å²) < 4.78 is 12.5. The van der Waals surface area contributed by atoms with Crippen LogP contribution >= 0.6 is 48.8 Å². The minimum Gasteiger partial charge on any atom is -0.345 e. The molecule has 2 aromatic rings. The molecule has 2 fully saturated rings. The van der Waals surface area contributed by atoms with Crippen LogP contribution in [0.1, 0.15) is 100 Å². The quantitative estimate of drug-likeness (QED) is 0.0632. The van der Waals surface area contributed by atoms with E-state index in [9.17, 15) is 0 Å². The van der Waals surface area contributed by atoms with Crippen molar-refractivity contribution in [2.24, 2.45) is 11.7 Å². The van der Waals surface area contributed by atoms with E-state index in [2.05, 4.69) is 105 Å². The van der Waals surface area contributed by atoms with Crippen LogP contribution in [0.4, 0.5) is 0 Å². The number of rotatable bonds is 17. The Labute approximate surface area is 313 Å². The van der Waals surface area contributed by atoms with Crippen LogP contribution in [-0.2, 0) is 9.47 Å². The van der Waals surface area contributed by atoms with Crippen molar-refractivity contribution in [3.05, 3.63) is 71.8 Å². The average Bonchev–Trinajstić information content (AvgIpc) is 3.57. The highest BCUT2D eigenvalue weighted by atomic mass is 32.2. The third-order valence-electron chi connectivity index (χ3n) is 8.44. The Morgan fingerprint density at radius 2 is 1.48 bits per heavy atom. The first-order valence-electron chi connectivity index (χ1n) is 17.9. The van der Waals surface area contributed by atoms with Gasteiger partial charge in [0.2, 0.25) is 0 Å². The maximum absolute atomic E-state index is 6.59. The van der Waals surface area contributed by atoms with Crippen molar-refractivity contribution < 1.29 is 9.47 Å². The monoisotopic (exact) mass is 733 g/mol. The zero-order valence-electron chi connectivity index (χ0n) is 29.6. The van der Waals surface area contributed by atoms with E-state index in [1.165, 1.54) is 69.0 Å². The van der Waals surface area contributed by atoms with Gasteiger partial charge in [-0.1, -0.05) is 114 Å². The Morgan fingerprint density at radius 1 is 0.917 bits per heavy atom. The summed E-state index contributed by atoms with van der Waals surface area (Å²) >= 11 is 13.0. The molecule has 1 aliphatic carbocycles. The van der Waals surface area contributed by atoms with Crippen molar-refractivity contribution in [2.75, 3.05) is 37.8 Å². The molecule has 0 aromatic heterocycles. The number of terminal acetylenes is 1. The van der Waals surface area contributed by atoms with Crippen LogP contribution < -0.4 is 16.4 Å². The summed E-state index contributed by atoms with van der Waals surface area (Å²) in [4.78, 5) is 0. The first kappa shape index (κ1) is 43.4. The SMILES string of the molecule is C#C.CC(C)CC1(C(NCC(N)SC(CS)c2ccccc2)SCC(S)c2ccccc2)OCCO1.CCCNC1CCCCCCC1. The minimum atomic E-state index is -0.657. The zero-order chi connectivity index (χ0) is 35.0. The third kappa shape index (κ3) is 16.5. The Balaban J connectivity index is 0.000000478. The van der Waals surface area contributed by atoms with Crippen LogP contribution in [0.25, 0.3) is 0 Å². The lowest BCUT2D eigenvalue weighted by atomic mass is 9.97. The molecule has 4 N–H and O–H groups in total. The molecule has 4 unspecified atom stereocenters. The molecule has 5 nitrogen and oxygen atoms in total. The maximum atomic E-state index is 6.59. The first-order valence-corrected chi connectivity index (χ1v) is 21.0. The predicted octanol–water partition coefficient (Wildman–Crippen LogP) is 9.13. The number of hydrogen-bond donors (Lipinski definition) is 5. The molecule has 9 heteroatoms. The highest BCUT2D eigenvalue weighted by Crippen LogP contribution is 2.39. The van der Waals surface area contributed by atoms with E-state index in [0.717, 1.165) is 24.0 Å². The topological polar surface area (TPSA) is 68.5 Å². The van der Waals surface area contributed by atoms with Gasteiger partial charge < -0.3 is 20.5 Å². The van der Waals surface area contributed by atoms with Crippen molar-refractivity contribution in [1.82, 2.24) is 10.6 Å². The van der Waals surface area contributed by atoms with Gasteiger partial charge >= 0.3 is 0 Å². The molecule has 1 saturated heterocycles. The fourth-order valence-corrected chi connectivity index (χ4v) is 9.28. The van der Waals surface area contributed by atoms with E-state index in [1.54, 1.807) is 11.8 Å². The molecule has 0 amide bonds. The molecular weight excluding hydrogens is 671 g/mol. The highest BCUT2D eigenvalue weighted by Gasteiger charge is 2.45. The lowest BCUT2D eigenvalue weighted by molar-refractivity contribution is -0.172. The third-order valence-corrected chi connectivity index (χ3v) is 12.5. The Morgan fingerprint density at radius 3 is 2.02 bits per heavy atom. The number of hydrogen-bond acceptors (Lipinski definition) is 9. The largest absolute Gasteiger partial charge is 0.345 e. The summed E-state index contributed by atoms with van der Waals surface area (Å²) in [5.74, 6) is 1.36. The van der Waals surface area contributed by atoms with Crippen molar-refractivity contribution in [1.29, 1.82) is 0 Å². The molecular formula is C39H63N3O2S4. The summed E-state index contributed by atoms with van der Waals surface area (Å²) in [5, 5.41) is 7.58. The fraction of sp³-hybridized carbons (Fsp3) is 0.641. The first-order chi connectivity index (χ1) is 23.4. The van der Waals surface area contributed by atoms with Gasteiger partial charge in [-0.05, 0) is 42.9 Å². The Kier molecular flexibility index (Phi) is 23.5. The van der Waals surface area contributed by atoms with E-state index < -0.39 is 5.79 Å². The van der Waals surface area contributed by atoms with Gasteiger partial charge in [-0.25, -0.2) is 0 Å². The van der Waals surface area contributed by atoms with Crippen LogP contribution in [0.15, 0.2) is 60.7 Å². The Hall–Kier alpha value is -0.800. The van der Waals surface area contributed by atoms with Gasteiger partial charge in [-0.2, -0.15) is 25.3 Å². The predicted molar refractivity (Wildman–Crippen MR) is 219 cm³/mol. The van der Waals surface area contributed by atoms with E-state index in [-0.39, 0.29) is 21.2 Å². The second-order valence-electron chi connectivity index (χ2n) is 12.9. The van der Waals surface area contributed by atoms with Gasteiger partial charge in [0, 0.05) is 41.0 Å². The van der Waals surface area contributed by atoms with Gasteiger partial charge in [0.1, 0.15) is 5.37 Å². The van der Waals surface area contributed by atoms with E-state index >= 15 is 0 Å². The van der Waals surface area contributed by atoms with Crippen LogP contribution in [0, 0.1) is 18.8 Å². The summed E-state index contributed by atoms with van der Waals surface area (Å²) in [7, 11) is 0. The van der Waals surface area contributed by atoms with E-state index in [0.29, 0.717) is 25.7 Å². The highest BCUT2D eigenvalue weighted by molar-refractivity contribution is 8.01. The molecule has 0 radical (unpaired) electrons. The van der Waals surface area contributed by atoms with Gasteiger partial charge in [0.25, 0.3) is 0 Å². The standard InChI is InChI=1S/C26H38N2O2S4.C11H23N.C2H2/c1-19(2)15-26(29-13-14-30-26)25(33-18-22(32)20-9-5-3-6-10-20)28-16-24(27)34-23(17-31)21-11-7-4-8-12-21;1-2-10-12-11-8-6-4-3-5-7-9-11;1-2/h3-12,19,22-25,28,31-32H,13-18,27H2,1-2H3;11-12H,2-10H2,1H3;1-2H. The zero-order valence-corrected chi connectivity index (χ0v) is 33.0. The number of thioether (sulfide) groups is 2. The number of thiol groups is 2. The lowest BCUT2D eigenvalue weighted by Crippen LogP contribution is -2.53. The van der Waals surface area contributed by atoms with E-state index in [4.69, 9.17) is 27.8 Å². The molecule has 2 aliphatic rings. The van der Waals surface area contributed by atoms with Crippen molar-refractivity contribution in [2.45, 2.75) is 112 Å². The number of nitrogens with one attached hydrogen (secondary N) is 2. The summed E-state index contributed by atoms with van der Waals surface area (Å²) in [5.41, 5.74) is 9.06. The fourth-order valence-electron chi connectivity index (χ4n) is 6.10. The summed E-state index contributed by atoms with van der Waals surface area (Å²) in [6.07, 6.45) is 20.2. The Bertz CT molecular complexity index is 1060. The minimum absolute atomic E-state index is 0.0476. The molecule has 1 aliphatic heterocycles. The van der Waals surface area contributed by atoms with E-state index in [1.807, 2.05) is 23.9 Å². The average molecular weight is 734 g/mol. The smallest absolute Gasteiger partial charge is 0.193 e. The number of ether oxygens (including phenoxy) is 2. The number of benzene rings is 2. The van der Waals surface area contributed by atoms with Crippen LogP contribution in [0.2, 0.25) is 0 Å². The number of nitrogens with two attached hydrogens (primary N) is 1. The van der Waals surface area contributed by atoms with Gasteiger partial charge in [-0.3, -0.25) is 5.32 Å². The van der Waals surface area contributed by atoms with Gasteiger partial charge in [0.05, 0.1) is 18.6 Å². The molecule has 48 heavy (non-hydrogen) atoms. The van der Waals surface area contributed by atoms with Crippen LogP contribution in [0.3, 0.4) is 0 Å². The normalized spacial score (nSPS) is 19.0. The second-order valence-corrected chi connectivity index (χ2v) is 16.5. The molecule has 270 valence electrons. The van der Waals surface area contributed by atoms with Crippen molar-refractivity contribution in [3.8, 4) is 12.8 Å². The summed E-state index contributed by atoms with van der Waals surface area (Å²) in [6.45, 7) is 9.75. The molecule has 4 atom stereocenters. The summed E-state index contributed by atoms with van der Waals surface area (Å²) in [6, 6.07) is 21.7. The molecule has 4 rings (SSSR count). The lowest BCUT2D eigenvalue weighted by Gasteiger charge is -2.38.